The highest BCUT2D eigenvalue weighted by Crippen LogP contribution is 2.21. The fourth-order valence-corrected chi connectivity index (χ4v) is 3.68. The Morgan fingerprint density at radius 3 is 2.82 bits per heavy atom. The van der Waals surface area contributed by atoms with E-state index >= 15 is 0 Å². The number of nitrogens with one attached hydrogen (secondary N) is 1. The molecule has 0 spiro atoms. The quantitative estimate of drug-likeness (QED) is 0.400. The van der Waals surface area contributed by atoms with Gasteiger partial charge >= 0.3 is 0 Å². The average Bonchev–Trinajstić information content (AvgIpc) is 3.28. The molecule has 1 N–H and O–H groups in total. The van der Waals surface area contributed by atoms with Gasteiger partial charge in [0.1, 0.15) is 6.10 Å². The second-order valence-electron chi connectivity index (χ2n) is 7.39. The summed E-state index contributed by atoms with van der Waals surface area (Å²) in [5.74, 6) is 0.999. The number of rotatable bonds is 9. The van der Waals surface area contributed by atoms with E-state index in [1.54, 1.807) is 0 Å². The van der Waals surface area contributed by atoms with E-state index in [1.807, 2.05) is 18.2 Å². The molecular weight excluding hydrogens is 354 g/mol. The van der Waals surface area contributed by atoms with Crippen LogP contribution in [0.25, 0.3) is 0 Å². The first-order valence-corrected chi connectivity index (χ1v) is 10.7. The zero-order valence-electron chi connectivity index (χ0n) is 17.1. The van der Waals surface area contributed by atoms with Gasteiger partial charge in [0.2, 0.25) is 0 Å². The maximum absolute atomic E-state index is 5.96. The lowest BCUT2D eigenvalue weighted by molar-refractivity contribution is -0.0817. The molecule has 28 heavy (non-hydrogen) atoms. The summed E-state index contributed by atoms with van der Waals surface area (Å²) >= 11 is 0. The minimum absolute atomic E-state index is 0.159. The molecule has 0 aromatic heterocycles. The number of benzene rings is 1. The van der Waals surface area contributed by atoms with Crippen molar-refractivity contribution in [3.8, 4) is 0 Å². The molecule has 2 atom stereocenters. The molecule has 3 rings (SSSR count). The van der Waals surface area contributed by atoms with Crippen LogP contribution in [0.15, 0.2) is 35.3 Å². The highest BCUT2D eigenvalue weighted by Gasteiger charge is 2.32. The van der Waals surface area contributed by atoms with E-state index in [1.165, 1.54) is 5.56 Å². The van der Waals surface area contributed by atoms with Crippen LogP contribution in [0.3, 0.4) is 0 Å². The standard InChI is InChI=1S/C22H35N3O3/c1-2-23-22(25-13-16-28-21(17-25)20-11-8-15-27-20)24-12-6-7-14-26-18-19-9-4-3-5-10-19/h3-5,9-10,20-21H,2,6-8,11-18H2,1H3,(H,23,24). The van der Waals surface area contributed by atoms with Crippen LogP contribution < -0.4 is 5.32 Å². The summed E-state index contributed by atoms with van der Waals surface area (Å²) in [6, 6.07) is 10.3. The molecule has 6 nitrogen and oxygen atoms in total. The summed E-state index contributed by atoms with van der Waals surface area (Å²) in [5.41, 5.74) is 1.23. The van der Waals surface area contributed by atoms with Gasteiger partial charge in [-0.15, -0.1) is 0 Å². The lowest BCUT2D eigenvalue weighted by Gasteiger charge is -2.37. The van der Waals surface area contributed by atoms with Crippen LogP contribution in [0.4, 0.5) is 0 Å². The number of ether oxygens (including phenoxy) is 3. The molecule has 2 fully saturated rings. The van der Waals surface area contributed by atoms with E-state index in [9.17, 15) is 0 Å². The number of hydrogen-bond acceptors (Lipinski definition) is 4. The molecule has 1 aromatic rings. The second-order valence-corrected chi connectivity index (χ2v) is 7.39. The molecule has 0 radical (unpaired) electrons. The summed E-state index contributed by atoms with van der Waals surface area (Å²) in [4.78, 5) is 7.16. The van der Waals surface area contributed by atoms with E-state index in [-0.39, 0.29) is 12.2 Å². The van der Waals surface area contributed by atoms with Crippen LogP contribution in [0.1, 0.15) is 38.2 Å². The van der Waals surface area contributed by atoms with Crippen LogP contribution >= 0.6 is 0 Å². The van der Waals surface area contributed by atoms with Crippen molar-refractivity contribution >= 4 is 5.96 Å². The van der Waals surface area contributed by atoms with Crippen LogP contribution in [0.2, 0.25) is 0 Å². The summed E-state index contributed by atoms with van der Waals surface area (Å²) in [6.45, 7) is 8.62. The minimum atomic E-state index is 0.159. The zero-order valence-corrected chi connectivity index (χ0v) is 17.1. The maximum Gasteiger partial charge on any atom is 0.194 e. The smallest absolute Gasteiger partial charge is 0.194 e. The predicted molar refractivity (Wildman–Crippen MR) is 112 cm³/mol. The van der Waals surface area contributed by atoms with Crippen molar-refractivity contribution < 1.29 is 14.2 Å². The second kappa shape index (κ2) is 12.0. The van der Waals surface area contributed by atoms with Gasteiger partial charge in [-0.25, -0.2) is 0 Å². The van der Waals surface area contributed by atoms with E-state index in [4.69, 9.17) is 19.2 Å². The van der Waals surface area contributed by atoms with Crippen LogP contribution in [-0.4, -0.2) is 69.1 Å². The zero-order chi connectivity index (χ0) is 19.4. The Kier molecular flexibility index (Phi) is 9.07. The van der Waals surface area contributed by atoms with Gasteiger partial charge in [-0.05, 0) is 38.2 Å². The van der Waals surface area contributed by atoms with Gasteiger partial charge < -0.3 is 24.4 Å². The predicted octanol–water partition coefficient (Wildman–Crippen LogP) is 2.83. The first-order valence-electron chi connectivity index (χ1n) is 10.7. The Bertz CT molecular complexity index is 576. The molecule has 0 aliphatic carbocycles. The molecule has 2 saturated heterocycles. The average molecular weight is 390 g/mol. The van der Waals surface area contributed by atoms with E-state index in [2.05, 4.69) is 29.3 Å². The number of hydrogen-bond donors (Lipinski definition) is 1. The highest BCUT2D eigenvalue weighted by atomic mass is 16.5. The number of unbranched alkanes of at least 4 members (excludes halogenated alkanes) is 1. The SMILES string of the molecule is CCNC(=NCCCCOCc1ccccc1)N1CCOC(C2CCCO2)C1. The molecule has 2 heterocycles. The lowest BCUT2D eigenvalue weighted by Crippen LogP contribution is -2.53. The Balaban J connectivity index is 1.37. The largest absolute Gasteiger partial charge is 0.377 e. The minimum Gasteiger partial charge on any atom is -0.377 e. The molecule has 0 amide bonds. The third-order valence-electron chi connectivity index (χ3n) is 5.18. The van der Waals surface area contributed by atoms with Crippen molar-refractivity contribution in [2.75, 3.05) is 46.0 Å². The highest BCUT2D eigenvalue weighted by molar-refractivity contribution is 5.80. The Hall–Kier alpha value is -1.63. The van der Waals surface area contributed by atoms with Crippen molar-refractivity contribution in [2.24, 2.45) is 4.99 Å². The summed E-state index contributed by atoms with van der Waals surface area (Å²) in [5, 5.41) is 3.44. The molecule has 156 valence electrons. The van der Waals surface area contributed by atoms with Crippen molar-refractivity contribution in [1.82, 2.24) is 10.2 Å². The molecule has 2 aliphatic rings. The monoisotopic (exact) mass is 389 g/mol. The van der Waals surface area contributed by atoms with Crippen molar-refractivity contribution in [2.45, 2.75) is 51.4 Å². The molecule has 0 saturated carbocycles. The number of aliphatic imine (C=N–C) groups is 1. The summed E-state index contributed by atoms with van der Waals surface area (Å²) in [7, 11) is 0. The molecule has 2 aliphatic heterocycles. The number of guanidine groups is 1. The fraction of sp³-hybridized carbons (Fsp3) is 0.682. The molecule has 6 heteroatoms. The van der Waals surface area contributed by atoms with Crippen molar-refractivity contribution in [1.29, 1.82) is 0 Å². The van der Waals surface area contributed by atoms with Crippen LogP contribution in [-0.2, 0) is 20.8 Å². The molecular formula is C22H35N3O3. The van der Waals surface area contributed by atoms with E-state index in [0.717, 1.165) is 77.6 Å². The van der Waals surface area contributed by atoms with Crippen LogP contribution in [0, 0.1) is 0 Å². The maximum atomic E-state index is 5.96. The molecule has 0 bridgehead atoms. The summed E-state index contributed by atoms with van der Waals surface area (Å²) < 4.78 is 17.5. The van der Waals surface area contributed by atoms with Crippen LogP contribution in [0.5, 0.6) is 0 Å². The van der Waals surface area contributed by atoms with Gasteiger partial charge in [0.25, 0.3) is 0 Å². The summed E-state index contributed by atoms with van der Waals surface area (Å²) in [6.07, 6.45) is 4.71. The number of morpholine rings is 1. The van der Waals surface area contributed by atoms with Crippen molar-refractivity contribution in [3.63, 3.8) is 0 Å². The van der Waals surface area contributed by atoms with Gasteiger partial charge in [0.05, 0.1) is 19.3 Å². The topological polar surface area (TPSA) is 55.3 Å². The fourth-order valence-electron chi connectivity index (χ4n) is 3.68. The van der Waals surface area contributed by atoms with Gasteiger partial charge in [-0.1, -0.05) is 30.3 Å². The first-order chi connectivity index (χ1) is 13.9. The van der Waals surface area contributed by atoms with Crippen molar-refractivity contribution in [3.05, 3.63) is 35.9 Å². The van der Waals surface area contributed by atoms with E-state index < -0.39 is 0 Å². The molecule has 1 aromatic carbocycles. The normalized spacial score (nSPS) is 23.2. The Morgan fingerprint density at radius 2 is 2.04 bits per heavy atom. The lowest BCUT2D eigenvalue weighted by atomic mass is 10.1. The van der Waals surface area contributed by atoms with E-state index in [0.29, 0.717) is 6.61 Å². The third-order valence-corrected chi connectivity index (χ3v) is 5.18. The first kappa shape index (κ1) is 21.1. The Morgan fingerprint density at radius 1 is 1.18 bits per heavy atom. The van der Waals surface area contributed by atoms with Gasteiger partial charge in [-0.3, -0.25) is 4.99 Å². The Labute approximate surface area is 169 Å². The molecule has 2 unspecified atom stereocenters. The van der Waals surface area contributed by atoms with Gasteiger partial charge in [-0.2, -0.15) is 0 Å². The third kappa shape index (κ3) is 6.76. The van der Waals surface area contributed by atoms with Gasteiger partial charge in [0.15, 0.2) is 5.96 Å². The van der Waals surface area contributed by atoms with Gasteiger partial charge in [0, 0.05) is 39.4 Å². The number of nitrogens with zero attached hydrogens (tertiary/aromatic N) is 2.